The SMILES string of the molecule is Fc1cc(OCC2(F)COC2)c(C2CCN([C@@H]3COC4(CNC4)C3)CC2)cc1F. The van der Waals surface area contributed by atoms with E-state index in [1.54, 1.807) is 0 Å². The van der Waals surface area contributed by atoms with Gasteiger partial charge in [0, 0.05) is 30.8 Å². The quantitative estimate of drug-likeness (QED) is 0.805. The molecule has 5 nitrogen and oxygen atoms in total. The van der Waals surface area contributed by atoms with Crippen LogP contribution in [-0.4, -0.2) is 74.8 Å². The van der Waals surface area contributed by atoms with Gasteiger partial charge in [-0.25, -0.2) is 13.2 Å². The number of piperidine rings is 1. The Bertz CT molecular complexity index is 762. The van der Waals surface area contributed by atoms with Crippen LogP contribution in [0.5, 0.6) is 5.75 Å². The number of halogens is 3. The van der Waals surface area contributed by atoms with Crippen molar-refractivity contribution in [3.8, 4) is 5.75 Å². The van der Waals surface area contributed by atoms with Crippen molar-refractivity contribution in [2.24, 2.45) is 0 Å². The molecular formula is C21H27F3N2O3. The second-order valence-electron chi connectivity index (χ2n) is 9.00. The van der Waals surface area contributed by atoms with E-state index in [2.05, 4.69) is 10.2 Å². The first kappa shape index (κ1) is 19.6. The number of benzene rings is 1. The Hall–Kier alpha value is -1.35. The smallest absolute Gasteiger partial charge is 0.190 e. The Morgan fingerprint density at radius 3 is 2.45 bits per heavy atom. The molecule has 4 aliphatic rings. The zero-order valence-corrected chi connectivity index (χ0v) is 16.4. The van der Waals surface area contributed by atoms with Gasteiger partial charge in [-0.1, -0.05) is 0 Å². The maximum absolute atomic E-state index is 14.2. The number of hydrogen-bond acceptors (Lipinski definition) is 5. The molecule has 0 bridgehead atoms. The number of nitrogens with one attached hydrogen (secondary N) is 1. The van der Waals surface area contributed by atoms with E-state index in [1.165, 1.54) is 6.07 Å². The maximum atomic E-state index is 14.2. The summed E-state index contributed by atoms with van der Waals surface area (Å²) in [6.45, 7) is 4.11. The Morgan fingerprint density at radius 2 is 1.86 bits per heavy atom. The summed E-state index contributed by atoms with van der Waals surface area (Å²) in [5.74, 6) is -1.55. The molecule has 0 radical (unpaired) electrons. The third kappa shape index (κ3) is 3.76. The van der Waals surface area contributed by atoms with Gasteiger partial charge in [-0.15, -0.1) is 0 Å². The van der Waals surface area contributed by atoms with E-state index in [1.807, 2.05) is 0 Å². The topological polar surface area (TPSA) is 43.0 Å². The van der Waals surface area contributed by atoms with Crippen LogP contribution < -0.4 is 10.1 Å². The van der Waals surface area contributed by atoms with Gasteiger partial charge in [0.2, 0.25) is 0 Å². The van der Waals surface area contributed by atoms with Crippen molar-refractivity contribution in [2.75, 3.05) is 52.6 Å². The number of rotatable bonds is 5. The van der Waals surface area contributed by atoms with Crippen LogP contribution in [0.3, 0.4) is 0 Å². The van der Waals surface area contributed by atoms with Crippen LogP contribution in [0.2, 0.25) is 0 Å². The van der Waals surface area contributed by atoms with Crippen LogP contribution in [0.15, 0.2) is 12.1 Å². The van der Waals surface area contributed by atoms with Crippen LogP contribution in [-0.2, 0) is 9.47 Å². The van der Waals surface area contributed by atoms with E-state index in [0.717, 1.165) is 58.1 Å². The van der Waals surface area contributed by atoms with Gasteiger partial charge in [0.15, 0.2) is 17.3 Å². The van der Waals surface area contributed by atoms with Gasteiger partial charge in [0.25, 0.3) is 0 Å². The molecule has 4 saturated heterocycles. The summed E-state index contributed by atoms with van der Waals surface area (Å²) in [7, 11) is 0. The summed E-state index contributed by atoms with van der Waals surface area (Å²) in [5, 5.41) is 3.28. The number of alkyl halides is 1. The molecule has 29 heavy (non-hydrogen) atoms. The summed E-state index contributed by atoms with van der Waals surface area (Å²) in [6, 6.07) is 2.70. The monoisotopic (exact) mass is 412 g/mol. The van der Waals surface area contributed by atoms with Crippen molar-refractivity contribution in [1.29, 1.82) is 0 Å². The van der Waals surface area contributed by atoms with Gasteiger partial charge in [0.05, 0.1) is 25.4 Å². The molecule has 0 aliphatic carbocycles. The van der Waals surface area contributed by atoms with Gasteiger partial charge in [-0.05, 0) is 44.3 Å². The lowest BCUT2D eigenvalue weighted by atomic mass is 9.86. The van der Waals surface area contributed by atoms with Crippen LogP contribution >= 0.6 is 0 Å². The largest absolute Gasteiger partial charge is 0.490 e. The minimum Gasteiger partial charge on any atom is -0.490 e. The normalized spacial score (nSPS) is 28.9. The third-order valence-electron chi connectivity index (χ3n) is 6.83. The van der Waals surface area contributed by atoms with Crippen molar-refractivity contribution in [2.45, 2.75) is 42.5 Å². The fourth-order valence-electron chi connectivity index (χ4n) is 4.88. The highest BCUT2D eigenvalue weighted by Crippen LogP contribution is 2.39. The molecule has 1 N–H and O–H groups in total. The minimum absolute atomic E-state index is 0.0229. The summed E-state index contributed by atoms with van der Waals surface area (Å²) in [6.07, 6.45) is 2.70. The van der Waals surface area contributed by atoms with Gasteiger partial charge in [0.1, 0.15) is 12.4 Å². The first-order valence-electron chi connectivity index (χ1n) is 10.4. The molecule has 8 heteroatoms. The van der Waals surface area contributed by atoms with Gasteiger partial charge in [-0.3, -0.25) is 4.90 Å². The highest BCUT2D eigenvalue weighted by atomic mass is 19.2. The summed E-state index contributed by atoms with van der Waals surface area (Å²) >= 11 is 0. The van der Waals surface area contributed by atoms with E-state index in [4.69, 9.17) is 14.2 Å². The van der Waals surface area contributed by atoms with E-state index < -0.39 is 17.3 Å². The first-order valence-corrected chi connectivity index (χ1v) is 10.4. The molecule has 0 saturated carbocycles. The molecule has 1 spiro atoms. The molecule has 0 amide bonds. The molecular weight excluding hydrogens is 385 g/mol. The van der Waals surface area contributed by atoms with Gasteiger partial charge < -0.3 is 19.5 Å². The Morgan fingerprint density at radius 1 is 1.14 bits per heavy atom. The van der Waals surface area contributed by atoms with E-state index >= 15 is 0 Å². The van der Waals surface area contributed by atoms with Crippen LogP contribution in [0.4, 0.5) is 13.2 Å². The van der Waals surface area contributed by atoms with Crippen molar-refractivity contribution in [1.82, 2.24) is 10.2 Å². The van der Waals surface area contributed by atoms with Gasteiger partial charge in [-0.2, -0.15) is 0 Å². The maximum Gasteiger partial charge on any atom is 0.190 e. The lowest BCUT2D eigenvalue weighted by Gasteiger charge is -2.40. The van der Waals surface area contributed by atoms with Crippen molar-refractivity contribution in [3.63, 3.8) is 0 Å². The minimum atomic E-state index is -1.54. The van der Waals surface area contributed by atoms with Gasteiger partial charge >= 0.3 is 0 Å². The van der Waals surface area contributed by atoms with E-state index in [-0.39, 0.29) is 37.1 Å². The van der Waals surface area contributed by atoms with Crippen molar-refractivity contribution < 1.29 is 27.4 Å². The number of likely N-dealkylation sites (tertiary alicyclic amines) is 1. The molecule has 4 aliphatic heterocycles. The Labute approximate surface area is 168 Å². The molecule has 160 valence electrons. The van der Waals surface area contributed by atoms with Crippen LogP contribution in [0, 0.1) is 11.6 Å². The molecule has 1 aromatic rings. The number of ether oxygens (including phenoxy) is 3. The molecule has 0 aromatic heterocycles. The van der Waals surface area contributed by atoms with E-state index in [0.29, 0.717) is 11.6 Å². The van der Waals surface area contributed by atoms with Crippen molar-refractivity contribution >= 4 is 0 Å². The molecule has 5 rings (SSSR count). The summed E-state index contributed by atoms with van der Waals surface area (Å²) in [4.78, 5) is 2.45. The lowest BCUT2D eigenvalue weighted by molar-refractivity contribution is -0.146. The average Bonchev–Trinajstić information content (AvgIpc) is 3.14. The summed E-state index contributed by atoms with van der Waals surface area (Å²) < 4.78 is 58.5. The van der Waals surface area contributed by atoms with Crippen LogP contribution in [0.1, 0.15) is 30.7 Å². The summed E-state index contributed by atoms with van der Waals surface area (Å²) in [5.41, 5.74) is -0.883. The van der Waals surface area contributed by atoms with E-state index in [9.17, 15) is 13.2 Å². The second kappa shape index (κ2) is 7.41. The first-order chi connectivity index (χ1) is 14.0. The predicted octanol–water partition coefficient (Wildman–Crippen LogP) is 2.39. The number of nitrogens with zero attached hydrogens (tertiary/aromatic N) is 1. The fraction of sp³-hybridized carbons (Fsp3) is 0.714. The predicted molar refractivity (Wildman–Crippen MR) is 100 cm³/mol. The third-order valence-corrected chi connectivity index (χ3v) is 6.83. The Kier molecular flexibility index (Phi) is 5.01. The molecule has 4 heterocycles. The molecule has 0 unspecified atom stereocenters. The highest BCUT2D eigenvalue weighted by Gasteiger charge is 2.47. The average molecular weight is 412 g/mol. The zero-order chi connectivity index (χ0) is 20.1. The lowest BCUT2D eigenvalue weighted by Crippen LogP contribution is -2.59. The van der Waals surface area contributed by atoms with Crippen molar-refractivity contribution in [3.05, 3.63) is 29.3 Å². The molecule has 1 atom stereocenters. The molecule has 1 aromatic carbocycles. The standard InChI is InChI=1S/C21H27F3N2O3/c22-17-5-16(19(6-18(17)23)28-13-20(24)11-27-12-20)14-1-3-26(4-2-14)15-7-21(29-8-15)9-25-10-21/h5-6,14-15,25H,1-4,7-13H2/t15-/m0/s1. The second-order valence-corrected chi connectivity index (χ2v) is 9.00. The number of hydrogen-bond donors (Lipinski definition) is 1. The zero-order valence-electron chi connectivity index (χ0n) is 16.4. The Balaban J connectivity index is 1.24. The molecule has 4 fully saturated rings. The van der Waals surface area contributed by atoms with Crippen LogP contribution in [0.25, 0.3) is 0 Å². The fourth-order valence-corrected chi connectivity index (χ4v) is 4.88. The highest BCUT2D eigenvalue weighted by molar-refractivity contribution is 5.38.